The van der Waals surface area contributed by atoms with Crippen molar-refractivity contribution < 1.29 is 22.7 Å². The van der Waals surface area contributed by atoms with Crippen LogP contribution in [-0.4, -0.2) is 50.9 Å². The minimum absolute atomic E-state index is 0.0163. The largest absolute Gasteiger partial charge is 0.462 e. The monoisotopic (exact) mass is 422 g/mol. The van der Waals surface area contributed by atoms with Gasteiger partial charge in [-0.15, -0.1) is 11.8 Å². The van der Waals surface area contributed by atoms with Crippen molar-refractivity contribution in [1.82, 2.24) is 4.98 Å². The Morgan fingerprint density at radius 3 is 2.36 bits per heavy atom. The van der Waals surface area contributed by atoms with Gasteiger partial charge in [-0.3, -0.25) is 4.79 Å². The molecule has 28 heavy (non-hydrogen) atoms. The predicted molar refractivity (Wildman–Crippen MR) is 109 cm³/mol. The molecule has 1 aromatic carbocycles. The van der Waals surface area contributed by atoms with E-state index in [-0.39, 0.29) is 28.5 Å². The van der Waals surface area contributed by atoms with E-state index in [9.17, 15) is 18.0 Å². The van der Waals surface area contributed by atoms with Crippen LogP contribution in [0.1, 0.15) is 34.7 Å². The van der Waals surface area contributed by atoms with Crippen molar-refractivity contribution in [2.75, 3.05) is 30.6 Å². The Bertz CT molecular complexity index is 972. The number of pyridine rings is 1. The van der Waals surface area contributed by atoms with Gasteiger partial charge in [-0.2, -0.15) is 0 Å². The molecule has 2 aromatic rings. The summed E-state index contributed by atoms with van der Waals surface area (Å²) in [6.07, 6.45) is 3.10. The van der Waals surface area contributed by atoms with Crippen LogP contribution in [0.2, 0.25) is 0 Å². The fourth-order valence-corrected chi connectivity index (χ4v) is 3.87. The standard InChI is InChI=1S/C19H22N2O5S2/c1-5-26-19(23)13-11-16(28(24,25)6-2)17(20-12-13)18(22)21(3)14-7-9-15(27-4)10-8-14/h7-12H,5-6H2,1-4H3. The number of carbonyl (C=O) groups is 2. The summed E-state index contributed by atoms with van der Waals surface area (Å²) < 4.78 is 30.0. The van der Waals surface area contributed by atoms with E-state index in [4.69, 9.17) is 4.74 Å². The number of anilines is 1. The molecule has 0 saturated heterocycles. The number of carbonyl (C=O) groups excluding carboxylic acids is 2. The van der Waals surface area contributed by atoms with Crippen LogP contribution < -0.4 is 4.90 Å². The highest BCUT2D eigenvalue weighted by Crippen LogP contribution is 2.24. The van der Waals surface area contributed by atoms with Gasteiger partial charge in [0.15, 0.2) is 9.84 Å². The van der Waals surface area contributed by atoms with E-state index in [0.717, 1.165) is 17.2 Å². The third-order valence-electron chi connectivity index (χ3n) is 4.05. The average molecular weight is 423 g/mol. The summed E-state index contributed by atoms with van der Waals surface area (Å²) in [4.78, 5) is 31.0. The van der Waals surface area contributed by atoms with Gasteiger partial charge < -0.3 is 9.64 Å². The molecule has 0 bridgehead atoms. The van der Waals surface area contributed by atoms with Crippen molar-refractivity contribution in [3.63, 3.8) is 0 Å². The molecular formula is C19H22N2O5S2. The number of esters is 1. The zero-order valence-electron chi connectivity index (χ0n) is 16.1. The first-order chi connectivity index (χ1) is 13.2. The molecule has 7 nitrogen and oxygen atoms in total. The van der Waals surface area contributed by atoms with Crippen molar-refractivity contribution >= 4 is 39.2 Å². The van der Waals surface area contributed by atoms with E-state index in [1.54, 1.807) is 37.9 Å². The van der Waals surface area contributed by atoms with E-state index in [2.05, 4.69) is 4.98 Å². The highest BCUT2D eigenvalue weighted by atomic mass is 32.2. The lowest BCUT2D eigenvalue weighted by Crippen LogP contribution is -2.29. The van der Waals surface area contributed by atoms with Gasteiger partial charge in [0.25, 0.3) is 5.91 Å². The molecule has 0 unspecified atom stereocenters. The SMILES string of the molecule is CCOC(=O)c1cnc(C(=O)N(C)c2ccc(SC)cc2)c(S(=O)(=O)CC)c1. The minimum Gasteiger partial charge on any atom is -0.462 e. The summed E-state index contributed by atoms with van der Waals surface area (Å²) in [6.45, 7) is 3.25. The number of sulfone groups is 1. The first kappa shape index (κ1) is 21.9. The van der Waals surface area contributed by atoms with Gasteiger partial charge in [0.05, 0.1) is 22.8 Å². The van der Waals surface area contributed by atoms with Gasteiger partial charge in [-0.05, 0) is 43.5 Å². The van der Waals surface area contributed by atoms with Gasteiger partial charge >= 0.3 is 5.97 Å². The molecule has 0 spiro atoms. The third-order valence-corrected chi connectivity index (χ3v) is 6.53. The molecule has 9 heteroatoms. The number of rotatable bonds is 7. The topological polar surface area (TPSA) is 93.6 Å². The van der Waals surface area contributed by atoms with Crippen LogP contribution >= 0.6 is 11.8 Å². The number of nitrogens with zero attached hydrogens (tertiary/aromatic N) is 2. The van der Waals surface area contributed by atoms with Crippen LogP contribution in [0, 0.1) is 0 Å². The van der Waals surface area contributed by atoms with Gasteiger partial charge in [0.2, 0.25) is 0 Å². The lowest BCUT2D eigenvalue weighted by atomic mass is 10.2. The molecule has 0 aliphatic rings. The molecule has 150 valence electrons. The van der Waals surface area contributed by atoms with Crippen molar-refractivity contribution in [3.05, 3.63) is 47.8 Å². The number of amides is 1. The Morgan fingerprint density at radius 2 is 1.82 bits per heavy atom. The summed E-state index contributed by atoms with van der Waals surface area (Å²) in [5, 5.41) is 0. The summed E-state index contributed by atoms with van der Waals surface area (Å²) >= 11 is 1.57. The second-order valence-corrected chi connectivity index (χ2v) is 8.88. The van der Waals surface area contributed by atoms with Crippen molar-refractivity contribution in [2.45, 2.75) is 23.6 Å². The Hall–Kier alpha value is -2.39. The minimum atomic E-state index is -3.79. The van der Waals surface area contributed by atoms with Crippen LogP contribution in [0.4, 0.5) is 5.69 Å². The first-order valence-corrected chi connectivity index (χ1v) is 11.4. The molecule has 1 aromatic heterocycles. The van der Waals surface area contributed by atoms with Gasteiger partial charge in [-0.25, -0.2) is 18.2 Å². The van der Waals surface area contributed by atoms with Crippen LogP contribution in [0.3, 0.4) is 0 Å². The zero-order valence-corrected chi connectivity index (χ0v) is 17.8. The van der Waals surface area contributed by atoms with Crippen molar-refractivity contribution in [2.24, 2.45) is 0 Å². The molecule has 0 fully saturated rings. The maximum absolute atomic E-state index is 13.0. The molecule has 0 aliphatic carbocycles. The summed E-state index contributed by atoms with van der Waals surface area (Å²) in [5.74, 6) is -1.50. The number of benzene rings is 1. The van der Waals surface area contributed by atoms with E-state index in [1.165, 1.54) is 11.8 Å². The predicted octanol–water partition coefficient (Wildman–Crippen LogP) is 3.05. The molecule has 0 atom stereocenters. The fraction of sp³-hybridized carbons (Fsp3) is 0.316. The average Bonchev–Trinajstić information content (AvgIpc) is 2.72. The number of thioether (sulfide) groups is 1. The second-order valence-electron chi connectivity index (χ2n) is 5.76. The number of hydrogen-bond donors (Lipinski definition) is 0. The molecule has 1 heterocycles. The Kier molecular flexibility index (Phi) is 7.20. The maximum atomic E-state index is 13.0. The van der Waals surface area contributed by atoms with E-state index in [1.807, 2.05) is 18.4 Å². The van der Waals surface area contributed by atoms with E-state index in [0.29, 0.717) is 5.69 Å². The lowest BCUT2D eigenvalue weighted by Gasteiger charge is -2.19. The summed E-state index contributed by atoms with van der Waals surface area (Å²) in [5.41, 5.74) is 0.350. The van der Waals surface area contributed by atoms with Crippen molar-refractivity contribution in [3.8, 4) is 0 Å². The third kappa shape index (κ3) is 4.71. The highest BCUT2D eigenvalue weighted by molar-refractivity contribution is 7.98. The molecule has 0 N–H and O–H groups in total. The molecule has 1 amide bonds. The molecular weight excluding hydrogens is 400 g/mol. The van der Waals surface area contributed by atoms with Crippen LogP contribution in [0.5, 0.6) is 0 Å². The van der Waals surface area contributed by atoms with E-state index >= 15 is 0 Å². The Balaban J connectivity index is 2.49. The van der Waals surface area contributed by atoms with E-state index < -0.39 is 21.7 Å². The fourth-order valence-electron chi connectivity index (χ4n) is 2.41. The molecule has 0 radical (unpaired) electrons. The molecule has 2 rings (SSSR count). The first-order valence-electron chi connectivity index (χ1n) is 8.57. The van der Waals surface area contributed by atoms with Crippen LogP contribution in [0.25, 0.3) is 0 Å². The second kappa shape index (κ2) is 9.20. The maximum Gasteiger partial charge on any atom is 0.339 e. The van der Waals surface area contributed by atoms with Crippen LogP contribution in [0.15, 0.2) is 46.3 Å². The zero-order chi connectivity index (χ0) is 20.9. The number of aromatic nitrogens is 1. The Morgan fingerprint density at radius 1 is 1.18 bits per heavy atom. The molecule has 0 saturated carbocycles. The summed E-state index contributed by atoms with van der Waals surface area (Å²) in [7, 11) is -2.25. The van der Waals surface area contributed by atoms with Crippen LogP contribution in [-0.2, 0) is 14.6 Å². The van der Waals surface area contributed by atoms with Gasteiger partial charge in [0, 0.05) is 23.8 Å². The number of hydrogen-bond acceptors (Lipinski definition) is 7. The number of ether oxygens (including phenoxy) is 1. The van der Waals surface area contributed by atoms with Gasteiger partial charge in [0.1, 0.15) is 5.69 Å². The smallest absolute Gasteiger partial charge is 0.339 e. The Labute approximate surface area is 169 Å². The summed E-state index contributed by atoms with van der Waals surface area (Å²) in [6, 6.07) is 8.42. The highest BCUT2D eigenvalue weighted by Gasteiger charge is 2.27. The molecule has 0 aliphatic heterocycles. The quantitative estimate of drug-likeness (QED) is 0.500. The van der Waals surface area contributed by atoms with Gasteiger partial charge in [-0.1, -0.05) is 6.92 Å². The lowest BCUT2D eigenvalue weighted by molar-refractivity contribution is 0.0525. The van der Waals surface area contributed by atoms with Crippen molar-refractivity contribution in [1.29, 1.82) is 0 Å². The normalized spacial score (nSPS) is 11.1.